The number of hydrogen-bond donors (Lipinski definition) is 3. The predicted molar refractivity (Wildman–Crippen MR) is 81.2 cm³/mol. The van der Waals surface area contributed by atoms with Gasteiger partial charge in [0.25, 0.3) is 5.91 Å². The molecule has 0 heterocycles. The van der Waals surface area contributed by atoms with Crippen LogP contribution in [0.3, 0.4) is 0 Å². The predicted octanol–water partition coefficient (Wildman–Crippen LogP) is 3.15. The van der Waals surface area contributed by atoms with Gasteiger partial charge in [0.15, 0.2) is 0 Å². The average molecular weight is 284 g/mol. The molecule has 0 fully saturated rings. The molecule has 0 aliphatic rings. The highest BCUT2D eigenvalue weighted by molar-refractivity contribution is 6.11. The molecule has 21 heavy (non-hydrogen) atoms. The van der Waals surface area contributed by atoms with Crippen LogP contribution in [0, 0.1) is 6.92 Å². The average Bonchev–Trinajstić information content (AvgIpc) is 2.49. The molecule has 0 aromatic heterocycles. The van der Waals surface area contributed by atoms with Crippen LogP contribution in [0.5, 0.6) is 5.75 Å². The van der Waals surface area contributed by atoms with Crippen molar-refractivity contribution in [2.24, 2.45) is 5.16 Å². The third kappa shape index (κ3) is 3.02. The number of benzene rings is 2. The molecule has 108 valence electrons. The highest BCUT2D eigenvalue weighted by Gasteiger charge is 2.14. The van der Waals surface area contributed by atoms with Crippen molar-refractivity contribution in [1.82, 2.24) is 0 Å². The third-order valence-corrected chi connectivity index (χ3v) is 3.20. The van der Waals surface area contributed by atoms with Crippen LogP contribution in [0.4, 0.5) is 5.69 Å². The molecule has 1 amide bonds. The van der Waals surface area contributed by atoms with Gasteiger partial charge in [0, 0.05) is 5.56 Å². The number of hydrogen-bond acceptors (Lipinski definition) is 4. The van der Waals surface area contributed by atoms with Crippen LogP contribution >= 0.6 is 0 Å². The van der Waals surface area contributed by atoms with Gasteiger partial charge in [-0.25, -0.2) is 0 Å². The van der Waals surface area contributed by atoms with Crippen LogP contribution in [0.1, 0.15) is 28.4 Å². The first kappa shape index (κ1) is 14.6. The summed E-state index contributed by atoms with van der Waals surface area (Å²) in [6, 6.07) is 12.0. The lowest BCUT2D eigenvalue weighted by Crippen LogP contribution is -2.14. The van der Waals surface area contributed by atoms with E-state index < -0.39 is 5.91 Å². The van der Waals surface area contributed by atoms with Crippen LogP contribution in [-0.4, -0.2) is 21.9 Å². The first-order chi connectivity index (χ1) is 10.0. The Bertz CT molecular complexity index is 708. The smallest absolute Gasteiger partial charge is 0.259 e. The molecular weight excluding hydrogens is 268 g/mol. The second-order valence-corrected chi connectivity index (χ2v) is 4.66. The van der Waals surface area contributed by atoms with Gasteiger partial charge in [-0.1, -0.05) is 35.5 Å². The molecule has 5 nitrogen and oxygen atoms in total. The number of amides is 1. The highest BCUT2D eigenvalue weighted by Crippen LogP contribution is 2.23. The number of carbonyl (C=O) groups is 1. The van der Waals surface area contributed by atoms with E-state index in [-0.39, 0.29) is 11.3 Å². The maximum Gasteiger partial charge on any atom is 0.259 e. The number of aromatic hydroxyl groups is 1. The number of phenols is 1. The van der Waals surface area contributed by atoms with Crippen molar-refractivity contribution in [2.75, 3.05) is 5.32 Å². The Balaban J connectivity index is 2.35. The van der Waals surface area contributed by atoms with Gasteiger partial charge in [0.1, 0.15) is 5.75 Å². The van der Waals surface area contributed by atoms with E-state index >= 15 is 0 Å². The molecule has 0 atom stereocenters. The summed E-state index contributed by atoms with van der Waals surface area (Å²) in [6.07, 6.45) is 0. The van der Waals surface area contributed by atoms with Crippen LogP contribution in [-0.2, 0) is 0 Å². The van der Waals surface area contributed by atoms with Crippen molar-refractivity contribution in [2.45, 2.75) is 13.8 Å². The van der Waals surface area contributed by atoms with E-state index in [2.05, 4.69) is 10.5 Å². The minimum absolute atomic E-state index is 0.0416. The number of aryl methyl sites for hydroxylation is 1. The number of anilines is 1. The molecule has 0 aliphatic carbocycles. The number of oxime groups is 1. The van der Waals surface area contributed by atoms with Gasteiger partial charge in [-0.2, -0.15) is 0 Å². The van der Waals surface area contributed by atoms with E-state index in [1.807, 2.05) is 0 Å². The summed E-state index contributed by atoms with van der Waals surface area (Å²) < 4.78 is 0. The third-order valence-electron chi connectivity index (χ3n) is 3.20. The highest BCUT2D eigenvalue weighted by atomic mass is 16.4. The number of phenolic OH excluding ortho intramolecular Hbond substituents is 1. The van der Waals surface area contributed by atoms with Gasteiger partial charge in [0.05, 0.1) is 17.0 Å². The number of rotatable bonds is 3. The Morgan fingerprint density at radius 3 is 2.48 bits per heavy atom. The Hall–Kier alpha value is -2.82. The maximum absolute atomic E-state index is 12.3. The monoisotopic (exact) mass is 284 g/mol. The Kier molecular flexibility index (Phi) is 4.23. The number of nitrogens with zero attached hydrogens (tertiary/aromatic N) is 1. The van der Waals surface area contributed by atoms with E-state index in [1.54, 1.807) is 56.3 Å². The number of carbonyl (C=O) groups excluding carboxylic acids is 1. The SMILES string of the molecule is C/C(=N\O)c1ccccc1NC(=O)c1cccc(C)c1O. The molecule has 0 saturated carbocycles. The molecule has 2 aromatic rings. The van der Waals surface area contributed by atoms with Gasteiger partial charge in [-0.15, -0.1) is 0 Å². The fraction of sp³-hybridized carbons (Fsp3) is 0.125. The zero-order chi connectivity index (χ0) is 15.4. The van der Waals surface area contributed by atoms with E-state index in [0.717, 1.165) is 0 Å². The number of para-hydroxylation sites is 2. The topological polar surface area (TPSA) is 81.9 Å². The molecule has 0 aliphatic heterocycles. The second-order valence-electron chi connectivity index (χ2n) is 4.66. The van der Waals surface area contributed by atoms with Crippen LogP contribution < -0.4 is 5.32 Å². The van der Waals surface area contributed by atoms with Crippen molar-refractivity contribution in [3.63, 3.8) is 0 Å². The first-order valence-electron chi connectivity index (χ1n) is 6.42. The molecular formula is C16H16N2O3. The summed E-state index contributed by atoms with van der Waals surface area (Å²) in [7, 11) is 0. The van der Waals surface area contributed by atoms with Crippen molar-refractivity contribution in [3.05, 3.63) is 59.2 Å². The molecule has 0 radical (unpaired) electrons. The quantitative estimate of drug-likeness (QED) is 0.460. The largest absolute Gasteiger partial charge is 0.507 e. The summed E-state index contributed by atoms with van der Waals surface area (Å²) in [4.78, 5) is 12.3. The minimum Gasteiger partial charge on any atom is -0.507 e. The Morgan fingerprint density at radius 2 is 1.76 bits per heavy atom. The van der Waals surface area contributed by atoms with E-state index in [1.165, 1.54) is 0 Å². The molecule has 0 unspecified atom stereocenters. The van der Waals surface area contributed by atoms with Gasteiger partial charge >= 0.3 is 0 Å². The van der Waals surface area contributed by atoms with Crippen molar-refractivity contribution in [3.8, 4) is 5.75 Å². The summed E-state index contributed by atoms with van der Waals surface area (Å²) in [5, 5.41) is 24.7. The van der Waals surface area contributed by atoms with Gasteiger partial charge in [-0.3, -0.25) is 4.79 Å². The van der Waals surface area contributed by atoms with Gasteiger partial charge in [0.2, 0.25) is 0 Å². The zero-order valence-corrected chi connectivity index (χ0v) is 11.8. The van der Waals surface area contributed by atoms with Crippen LogP contribution in [0.2, 0.25) is 0 Å². The summed E-state index contributed by atoms with van der Waals surface area (Å²) >= 11 is 0. The fourth-order valence-corrected chi connectivity index (χ4v) is 1.99. The van der Waals surface area contributed by atoms with Crippen molar-refractivity contribution in [1.29, 1.82) is 0 Å². The van der Waals surface area contributed by atoms with E-state index in [9.17, 15) is 9.90 Å². The van der Waals surface area contributed by atoms with Gasteiger partial charge < -0.3 is 15.6 Å². The van der Waals surface area contributed by atoms with E-state index in [4.69, 9.17) is 5.21 Å². The van der Waals surface area contributed by atoms with Crippen LogP contribution in [0.15, 0.2) is 47.6 Å². The van der Waals surface area contributed by atoms with Crippen LogP contribution in [0.25, 0.3) is 0 Å². The summed E-state index contributed by atoms with van der Waals surface area (Å²) in [5.74, 6) is -0.464. The molecule has 3 N–H and O–H groups in total. The second kappa shape index (κ2) is 6.09. The molecule has 0 spiro atoms. The molecule has 0 saturated heterocycles. The molecule has 2 aromatic carbocycles. The normalized spacial score (nSPS) is 11.2. The maximum atomic E-state index is 12.3. The lowest BCUT2D eigenvalue weighted by molar-refractivity contribution is 0.102. The Morgan fingerprint density at radius 1 is 1.10 bits per heavy atom. The summed E-state index contributed by atoms with van der Waals surface area (Å²) in [6.45, 7) is 3.36. The van der Waals surface area contributed by atoms with Crippen molar-refractivity contribution >= 4 is 17.3 Å². The minimum atomic E-state index is -0.422. The first-order valence-corrected chi connectivity index (χ1v) is 6.42. The standard InChI is InChI=1S/C16H16N2O3/c1-10-6-5-8-13(15(10)19)16(20)17-14-9-4-3-7-12(14)11(2)18-21/h3-9,19,21H,1-2H3,(H,17,20)/b18-11+. The Labute approximate surface area is 122 Å². The summed E-state index contributed by atoms with van der Waals surface area (Å²) in [5.41, 5.74) is 2.34. The lowest BCUT2D eigenvalue weighted by atomic mass is 10.1. The van der Waals surface area contributed by atoms with Gasteiger partial charge in [-0.05, 0) is 31.5 Å². The van der Waals surface area contributed by atoms with Crippen molar-refractivity contribution < 1.29 is 15.1 Å². The fourth-order valence-electron chi connectivity index (χ4n) is 1.99. The zero-order valence-electron chi connectivity index (χ0n) is 11.8. The number of nitrogens with one attached hydrogen (secondary N) is 1. The molecule has 5 heteroatoms. The lowest BCUT2D eigenvalue weighted by Gasteiger charge is -2.11. The molecule has 0 bridgehead atoms. The van der Waals surface area contributed by atoms with E-state index in [0.29, 0.717) is 22.5 Å². The molecule has 2 rings (SSSR count).